The number of hydrogen-bond donors (Lipinski definition) is 2. The molecule has 0 saturated carbocycles. The third-order valence-electron chi connectivity index (χ3n) is 2.87. The number of anilines is 1. The molecule has 0 amide bonds. The fourth-order valence-corrected chi connectivity index (χ4v) is 2.51. The van der Waals surface area contributed by atoms with Gasteiger partial charge in [-0.15, -0.1) is 0 Å². The van der Waals surface area contributed by atoms with E-state index in [0.717, 1.165) is 6.07 Å². The van der Waals surface area contributed by atoms with Gasteiger partial charge in [0.2, 0.25) is 5.82 Å². The van der Waals surface area contributed by atoms with Gasteiger partial charge in [0, 0.05) is 18.7 Å². The van der Waals surface area contributed by atoms with Crippen LogP contribution >= 0.6 is 11.3 Å². The van der Waals surface area contributed by atoms with Gasteiger partial charge in [-0.1, -0.05) is 0 Å². The second kappa shape index (κ2) is 6.51. The Morgan fingerprint density at radius 1 is 1.57 bits per heavy atom. The van der Waals surface area contributed by atoms with Crippen LogP contribution < -0.4 is 10.1 Å². The summed E-state index contributed by atoms with van der Waals surface area (Å²) in [5, 5.41) is 27.2. The van der Waals surface area contributed by atoms with Gasteiger partial charge in [-0.05, 0) is 22.4 Å². The molecule has 1 aromatic heterocycles. The van der Waals surface area contributed by atoms with E-state index in [9.17, 15) is 19.6 Å². The highest BCUT2D eigenvalue weighted by molar-refractivity contribution is 7.07. The van der Waals surface area contributed by atoms with Crippen molar-refractivity contribution < 1.29 is 19.2 Å². The molecule has 2 rings (SSSR count). The smallest absolute Gasteiger partial charge is 0.327 e. The van der Waals surface area contributed by atoms with Gasteiger partial charge in [-0.25, -0.2) is 0 Å². The van der Waals surface area contributed by atoms with Crippen molar-refractivity contribution in [3.63, 3.8) is 0 Å². The molecule has 0 bridgehead atoms. The minimum absolute atomic E-state index is 0.0180. The van der Waals surface area contributed by atoms with Crippen molar-refractivity contribution >= 4 is 22.7 Å². The van der Waals surface area contributed by atoms with Gasteiger partial charge in [-0.2, -0.15) is 15.7 Å². The first kappa shape index (κ1) is 15.2. The topological polar surface area (TPSA) is 84.6 Å². The van der Waals surface area contributed by atoms with E-state index < -0.39 is 22.5 Å². The molecule has 0 radical (unpaired) electrons. The molecule has 1 atom stereocenters. The first-order valence-corrected chi connectivity index (χ1v) is 6.93. The quantitative estimate of drug-likeness (QED) is 0.633. The number of hydrogen-bond acceptors (Lipinski definition) is 6. The first-order valence-electron chi connectivity index (χ1n) is 5.99. The Hall–Kier alpha value is -2.19. The Morgan fingerprint density at radius 2 is 2.33 bits per heavy atom. The average molecular weight is 312 g/mol. The van der Waals surface area contributed by atoms with Crippen molar-refractivity contribution in [2.75, 3.05) is 19.0 Å². The second-order valence-corrected chi connectivity index (χ2v) is 5.00. The zero-order valence-electron chi connectivity index (χ0n) is 11.1. The molecule has 0 saturated heterocycles. The van der Waals surface area contributed by atoms with Gasteiger partial charge in [0.25, 0.3) is 0 Å². The van der Waals surface area contributed by atoms with Crippen LogP contribution in [0.5, 0.6) is 5.75 Å². The van der Waals surface area contributed by atoms with Crippen LogP contribution in [0, 0.1) is 15.9 Å². The monoisotopic (exact) mass is 312 g/mol. The summed E-state index contributed by atoms with van der Waals surface area (Å²) < 4.78 is 18.6. The molecule has 112 valence electrons. The molecule has 0 aliphatic rings. The average Bonchev–Trinajstić information content (AvgIpc) is 2.97. The maximum atomic E-state index is 13.7. The summed E-state index contributed by atoms with van der Waals surface area (Å²) >= 11 is 1.43. The number of aliphatic hydroxyl groups excluding tert-OH is 1. The van der Waals surface area contributed by atoms with E-state index in [1.165, 1.54) is 24.5 Å². The van der Waals surface area contributed by atoms with E-state index in [2.05, 4.69) is 5.32 Å². The molecule has 6 nitrogen and oxygen atoms in total. The number of rotatable bonds is 6. The summed E-state index contributed by atoms with van der Waals surface area (Å²) in [7, 11) is 1.34. The molecule has 21 heavy (non-hydrogen) atoms. The Kier molecular flexibility index (Phi) is 4.71. The molecule has 0 aliphatic heterocycles. The number of halogens is 1. The summed E-state index contributed by atoms with van der Waals surface area (Å²) in [5.41, 5.74) is -0.0158. The number of nitro groups is 1. The van der Waals surface area contributed by atoms with Crippen molar-refractivity contribution in [1.82, 2.24) is 0 Å². The molecule has 0 spiro atoms. The number of nitro benzene ring substituents is 1. The van der Waals surface area contributed by atoms with Crippen LogP contribution in [-0.2, 0) is 0 Å². The van der Waals surface area contributed by atoms with E-state index in [1.54, 1.807) is 11.4 Å². The summed E-state index contributed by atoms with van der Waals surface area (Å²) in [6.45, 7) is 0.0180. The minimum Gasteiger partial charge on any atom is -0.497 e. The number of methoxy groups -OCH3 is 1. The predicted octanol–water partition coefficient (Wildman–Crippen LogP) is 2.95. The van der Waals surface area contributed by atoms with Gasteiger partial charge in [0.05, 0.1) is 18.1 Å². The van der Waals surface area contributed by atoms with Gasteiger partial charge < -0.3 is 15.2 Å². The van der Waals surface area contributed by atoms with Gasteiger partial charge in [0.1, 0.15) is 11.4 Å². The van der Waals surface area contributed by atoms with E-state index in [0.29, 0.717) is 5.56 Å². The van der Waals surface area contributed by atoms with Gasteiger partial charge in [0.15, 0.2) is 0 Å². The van der Waals surface area contributed by atoms with Crippen molar-refractivity contribution in [2.24, 2.45) is 0 Å². The highest BCUT2D eigenvalue weighted by Gasteiger charge is 2.22. The first-order chi connectivity index (χ1) is 10.0. The summed E-state index contributed by atoms with van der Waals surface area (Å²) in [6.07, 6.45) is -0.842. The lowest BCUT2D eigenvalue weighted by molar-refractivity contribution is -0.386. The third kappa shape index (κ3) is 3.47. The van der Waals surface area contributed by atoms with Crippen LogP contribution in [0.25, 0.3) is 0 Å². The fraction of sp³-hybridized carbons (Fsp3) is 0.231. The molecule has 1 heterocycles. The molecule has 1 aromatic carbocycles. The lowest BCUT2D eigenvalue weighted by Gasteiger charge is -2.13. The lowest BCUT2D eigenvalue weighted by atomic mass is 10.2. The van der Waals surface area contributed by atoms with E-state index >= 15 is 0 Å². The number of benzene rings is 1. The maximum absolute atomic E-state index is 13.7. The molecule has 0 fully saturated rings. The van der Waals surface area contributed by atoms with Crippen LogP contribution in [0.4, 0.5) is 15.8 Å². The molecular formula is C13H13FN2O4S. The SMILES string of the molecule is COc1cc(F)c([N+](=O)[O-])c(NC[C@@H](O)c2ccsc2)c1. The maximum Gasteiger partial charge on any atom is 0.327 e. The summed E-state index contributed by atoms with van der Waals surface area (Å²) in [5.74, 6) is -0.836. The molecule has 8 heteroatoms. The highest BCUT2D eigenvalue weighted by atomic mass is 32.1. The normalized spacial score (nSPS) is 12.0. The number of thiophene rings is 1. The van der Waals surface area contributed by atoms with Crippen molar-refractivity contribution in [3.05, 3.63) is 50.5 Å². The van der Waals surface area contributed by atoms with Gasteiger partial charge >= 0.3 is 5.69 Å². The number of nitrogens with zero attached hydrogens (tertiary/aromatic N) is 1. The number of ether oxygens (including phenoxy) is 1. The number of nitrogens with one attached hydrogen (secondary N) is 1. The van der Waals surface area contributed by atoms with Crippen LogP contribution in [0.2, 0.25) is 0 Å². The Morgan fingerprint density at radius 3 is 2.90 bits per heavy atom. The molecule has 0 aliphatic carbocycles. The fourth-order valence-electron chi connectivity index (χ4n) is 1.80. The summed E-state index contributed by atoms with van der Waals surface area (Å²) in [4.78, 5) is 10.1. The van der Waals surface area contributed by atoms with Crippen LogP contribution in [0.3, 0.4) is 0 Å². The van der Waals surface area contributed by atoms with E-state index in [4.69, 9.17) is 4.74 Å². The van der Waals surface area contributed by atoms with E-state index in [-0.39, 0.29) is 18.0 Å². The van der Waals surface area contributed by atoms with Crippen molar-refractivity contribution in [2.45, 2.75) is 6.10 Å². The van der Waals surface area contributed by atoms with Crippen molar-refractivity contribution in [1.29, 1.82) is 0 Å². The minimum atomic E-state index is -0.994. The Labute approximate surface area is 123 Å². The van der Waals surface area contributed by atoms with Crippen LogP contribution in [-0.4, -0.2) is 23.7 Å². The largest absolute Gasteiger partial charge is 0.497 e. The standard InChI is InChI=1S/C13H13FN2O4S/c1-20-9-4-10(14)13(16(18)19)11(5-9)15-6-12(17)8-2-3-21-7-8/h2-5,7,12,15,17H,6H2,1H3/t12-/m1/s1. The number of aliphatic hydroxyl groups is 1. The highest BCUT2D eigenvalue weighted by Crippen LogP contribution is 2.32. The molecule has 2 N–H and O–H groups in total. The van der Waals surface area contributed by atoms with Gasteiger partial charge in [-0.3, -0.25) is 10.1 Å². The van der Waals surface area contributed by atoms with Crippen molar-refractivity contribution in [3.8, 4) is 5.75 Å². The third-order valence-corrected chi connectivity index (χ3v) is 3.57. The van der Waals surface area contributed by atoms with E-state index in [1.807, 2.05) is 5.38 Å². The Bertz CT molecular complexity index is 633. The van der Waals surface area contributed by atoms with Crippen LogP contribution in [0.15, 0.2) is 29.0 Å². The second-order valence-electron chi connectivity index (χ2n) is 4.22. The Balaban J connectivity index is 2.22. The molecular weight excluding hydrogens is 299 g/mol. The zero-order valence-corrected chi connectivity index (χ0v) is 11.9. The zero-order chi connectivity index (χ0) is 15.4. The lowest BCUT2D eigenvalue weighted by Crippen LogP contribution is -2.13. The molecule has 2 aromatic rings. The predicted molar refractivity (Wildman–Crippen MR) is 77.4 cm³/mol. The molecule has 0 unspecified atom stereocenters. The van der Waals surface area contributed by atoms with Crippen LogP contribution in [0.1, 0.15) is 11.7 Å². The summed E-state index contributed by atoms with van der Waals surface area (Å²) in [6, 6.07) is 4.01.